The van der Waals surface area contributed by atoms with E-state index < -0.39 is 0 Å². The number of nitrogens with one attached hydrogen (secondary N) is 1. The Labute approximate surface area is 119 Å². The maximum atomic E-state index is 6.19. The van der Waals surface area contributed by atoms with Crippen LogP contribution in [0.15, 0.2) is 12.1 Å². The molecule has 2 unspecified atom stereocenters. The molecule has 1 saturated heterocycles. The van der Waals surface area contributed by atoms with Crippen LogP contribution in [0.4, 0.5) is 0 Å². The van der Waals surface area contributed by atoms with Crippen LogP contribution < -0.4 is 5.32 Å². The van der Waals surface area contributed by atoms with Crippen molar-refractivity contribution in [2.75, 3.05) is 7.05 Å². The Hall–Kier alpha value is -0.0900. The average molecular weight is 288 g/mol. The van der Waals surface area contributed by atoms with Crippen molar-refractivity contribution >= 4 is 22.9 Å². The molecule has 0 saturated carbocycles. The summed E-state index contributed by atoms with van der Waals surface area (Å²) < 4.78 is 7.04. The molecule has 1 fully saturated rings. The lowest BCUT2D eigenvalue weighted by Crippen LogP contribution is -2.36. The van der Waals surface area contributed by atoms with Gasteiger partial charge >= 0.3 is 0 Å². The summed E-state index contributed by atoms with van der Waals surface area (Å²) in [4.78, 5) is 1.29. The van der Waals surface area contributed by atoms with E-state index in [4.69, 9.17) is 16.3 Å². The third kappa shape index (κ3) is 2.74. The minimum absolute atomic E-state index is 0.0513. The predicted octanol–water partition coefficient (Wildman–Crippen LogP) is 4.26. The molecule has 2 nitrogen and oxygen atoms in total. The van der Waals surface area contributed by atoms with Gasteiger partial charge in [0.25, 0.3) is 0 Å². The van der Waals surface area contributed by atoms with Crippen LogP contribution in [0.2, 0.25) is 4.34 Å². The van der Waals surface area contributed by atoms with Crippen LogP contribution in [-0.2, 0) is 4.74 Å². The highest BCUT2D eigenvalue weighted by atomic mass is 35.5. The second-order valence-corrected chi connectivity index (χ2v) is 7.93. The summed E-state index contributed by atoms with van der Waals surface area (Å²) in [6.45, 7) is 8.71. The van der Waals surface area contributed by atoms with Gasteiger partial charge < -0.3 is 10.1 Å². The van der Waals surface area contributed by atoms with E-state index in [0.29, 0.717) is 12.0 Å². The molecule has 1 N–H and O–H groups in total. The molecule has 2 atom stereocenters. The van der Waals surface area contributed by atoms with Gasteiger partial charge in [-0.15, -0.1) is 11.3 Å². The van der Waals surface area contributed by atoms with Crippen molar-refractivity contribution in [1.82, 2.24) is 5.32 Å². The van der Waals surface area contributed by atoms with Gasteiger partial charge in [-0.3, -0.25) is 0 Å². The number of ether oxygens (including phenoxy) is 1. The fourth-order valence-corrected chi connectivity index (χ4v) is 4.40. The summed E-state index contributed by atoms with van der Waals surface area (Å²) >= 11 is 7.71. The van der Waals surface area contributed by atoms with Gasteiger partial charge in [-0.05, 0) is 53.3 Å². The van der Waals surface area contributed by atoms with Crippen LogP contribution in [0.3, 0.4) is 0 Å². The number of halogens is 1. The Bertz CT molecular complexity index is 427. The van der Waals surface area contributed by atoms with E-state index in [1.165, 1.54) is 4.88 Å². The number of rotatable bonds is 3. The standard InChI is InChI=1S/C14H22ClNOS/c1-13(2)8-9(14(3,4)17-13)12(16-5)10-6-7-11(15)18-10/h6-7,9,12,16H,8H2,1-5H3. The van der Waals surface area contributed by atoms with E-state index in [1.54, 1.807) is 11.3 Å². The Kier molecular flexibility index (Phi) is 3.81. The first kappa shape index (κ1) is 14.3. The normalized spacial score (nSPS) is 27.3. The van der Waals surface area contributed by atoms with Crippen LogP contribution in [0, 0.1) is 5.92 Å². The molecule has 0 spiro atoms. The largest absolute Gasteiger partial charge is 0.369 e. The van der Waals surface area contributed by atoms with E-state index in [-0.39, 0.29) is 11.2 Å². The van der Waals surface area contributed by atoms with Crippen molar-refractivity contribution in [3.8, 4) is 0 Å². The summed E-state index contributed by atoms with van der Waals surface area (Å²) in [5.74, 6) is 0.451. The predicted molar refractivity (Wildman–Crippen MR) is 78.5 cm³/mol. The van der Waals surface area contributed by atoms with Gasteiger partial charge in [-0.1, -0.05) is 11.6 Å². The summed E-state index contributed by atoms with van der Waals surface area (Å²) in [5, 5.41) is 3.44. The maximum Gasteiger partial charge on any atom is 0.0931 e. The molecule has 1 aliphatic rings. The van der Waals surface area contributed by atoms with Crippen molar-refractivity contribution in [3.63, 3.8) is 0 Å². The Balaban J connectivity index is 2.28. The van der Waals surface area contributed by atoms with E-state index in [9.17, 15) is 0 Å². The first-order chi connectivity index (χ1) is 8.25. The molecule has 0 aliphatic carbocycles. The van der Waals surface area contributed by atoms with Gasteiger partial charge in [0, 0.05) is 16.8 Å². The van der Waals surface area contributed by atoms with Gasteiger partial charge in [0.1, 0.15) is 0 Å². The molecular weight excluding hydrogens is 266 g/mol. The van der Waals surface area contributed by atoms with E-state index in [0.717, 1.165) is 10.8 Å². The zero-order valence-electron chi connectivity index (χ0n) is 11.7. The molecule has 4 heteroatoms. The minimum atomic E-state index is -0.117. The number of hydrogen-bond donors (Lipinski definition) is 1. The maximum absolute atomic E-state index is 6.19. The zero-order chi connectivity index (χ0) is 13.6. The molecule has 1 aromatic rings. The molecule has 2 heterocycles. The Morgan fingerprint density at radius 3 is 2.44 bits per heavy atom. The van der Waals surface area contributed by atoms with E-state index in [2.05, 4.69) is 39.1 Å². The van der Waals surface area contributed by atoms with Crippen molar-refractivity contribution in [1.29, 1.82) is 0 Å². The summed E-state index contributed by atoms with van der Waals surface area (Å²) in [7, 11) is 2.01. The van der Waals surface area contributed by atoms with Gasteiger partial charge in [0.2, 0.25) is 0 Å². The molecular formula is C14H22ClNOS. The molecule has 0 radical (unpaired) electrons. The molecule has 2 rings (SSSR count). The minimum Gasteiger partial charge on any atom is -0.369 e. The highest BCUT2D eigenvalue weighted by molar-refractivity contribution is 7.16. The molecule has 0 aromatic carbocycles. The smallest absolute Gasteiger partial charge is 0.0931 e. The number of thiophene rings is 1. The third-order valence-corrected chi connectivity index (χ3v) is 5.07. The summed E-state index contributed by atoms with van der Waals surface area (Å²) in [6, 6.07) is 4.40. The van der Waals surface area contributed by atoms with Gasteiger partial charge in [-0.25, -0.2) is 0 Å². The molecule has 0 amide bonds. The monoisotopic (exact) mass is 287 g/mol. The van der Waals surface area contributed by atoms with Crippen LogP contribution in [0.5, 0.6) is 0 Å². The second-order valence-electron chi connectivity index (χ2n) is 6.18. The Morgan fingerprint density at radius 1 is 1.39 bits per heavy atom. The van der Waals surface area contributed by atoms with Gasteiger partial charge in [0.05, 0.1) is 15.5 Å². The molecule has 1 aromatic heterocycles. The van der Waals surface area contributed by atoms with Crippen LogP contribution in [-0.4, -0.2) is 18.2 Å². The van der Waals surface area contributed by atoms with Crippen molar-refractivity contribution in [2.45, 2.75) is 51.4 Å². The summed E-state index contributed by atoms with van der Waals surface area (Å²) in [5.41, 5.74) is -0.169. The number of hydrogen-bond acceptors (Lipinski definition) is 3. The SMILES string of the molecule is CNC(c1ccc(Cl)s1)C1CC(C)(C)OC1(C)C. The average Bonchev–Trinajstić information content (AvgIpc) is 2.70. The first-order valence-corrected chi connectivity index (χ1v) is 7.57. The van der Waals surface area contributed by atoms with Crippen molar-refractivity contribution < 1.29 is 4.74 Å². The van der Waals surface area contributed by atoms with Gasteiger partial charge in [-0.2, -0.15) is 0 Å². The second kappa shape index (κ2) is 4.78. The molecule has 102 valence electrons. The highest BCUT2D eigenvalue weighted by Crippen LogP contribution is 2.48. The molecule has 0 bridgehead atoms. The van der Waals surface area contributed by atoms with E-state index >= 15 is 0 Å². The van der Waals surface area contributed by atoms with Crippen LogP contribution in [0.1, 0.15) is 45.0 Å². The van der Waals surface area contributed by atoms with Crippen LogP contribution in [0.25, 0.3) is 0 Å². The lowest BCUT2D eigenvalue weighted by atomic mass is 9.81. The fourth-order valence-electron chi connectivity index (χ4n) is 3.16. The highest BCUT2D eigenvalue weighted by Gasteiger charge is 2.49. The lowest BCUT2D eigenvalue weighted by Gasteiger charge is -2.32. The van der Waals surface area contributed by atoms with Crippen molar-refractivity contribution in [3.05, 3.63) is 21.3 Å². The Morgan fingerprint density at radius 2 is 2.06 bits per heavy atom. The van der Waals surface area contributed by atoms with Crippen molar-refractivity contribution in [2.24, 2.45) is 5.92 Å². The quantitative estimate of drug-likeness (QED) is 0.897. The molecule has 18 heavy (non-hydrogen) atoms. The first-order valence-electron chi connectivity index (χ1n) is 6.38. The third-order valence-electron chi connectivity index (χ3n) is 3.76. The van der Waals surface area contributed by atoms with Gasteiger partial charge in [0.15, 0.2) is 0 Å². The zero-order valence-corrected chi connectivity index (χ0v) is 13.3. The van der Waals surface area contributed by atoms with Crippen LogP contribution >= 0.6 is 22.9 Å². The summed E-state index contributed by atoms with van der Waals surface area (Å²) in [6.07, 6.45) is 1.06. The topological polar surface area (TPSA) is 21.3 Å². The fraction of sp³-hybridized carbons (Fsp3) is 0.714. The molecule has 1 aliphatic heterocycles. The van der Waals surface area contributed by atoms with E-state index in [1.807, 2.05) is 13.1 Å². The lowest BCUT2D eigenvalue weighted by molar-refractivity contribution is -0.0775.